The van der Waals surface area contributed by atoms with E-state index in [0.717, 1.165) is 12.8 Å². The summed E-state index contributed by atoms with van der Waals surface area (Å²) >= 11 is 5.64. The summed E-state index contributed by atoms with van der Waals surface area (Å²) in [5.41, 5.74) is 0.912. The maximum absolute atomic E-state index is 12.8. The average molecular weight is 380 g/mol. The maximum Gasteiger partial charge on any atom is 0.340 e. The molecule has 4 nitrogen and oxygen atoms in total. The molecule has 1 amide bonds. The third-order valence-corrected chi connectivity index (χ3v) is 5.45. The molecule has 144 valence electrons. The Bertz CT molecular complexity index is 617. The fraction of sp³-hybridized carbons (Fsp3) is 0.619. The lowest BCUT2D eigenvalue weighted by atomic mass is 9.75. The van der Waals surface area contributed by atoms with Gasteiger partial charge in [-0.15, -0.1) is 11.6 Å². The number of halogens is 1. The van der Waals surface area contributed by atoms with E-state index in [4.69, 9.17) is 16.3 Å². The molecule has 26 heavy (non-hydrogen) atoms. The summed E-state index contributed by atoms with van der Waals surface area (Å²) in [6.07, 6.45) is 4.06. The van der Waals surface area contributed by atoms with E-state index in [9.17, 15) is 9.59 Å². The smallest absolute Gasteiger partial charge is 0.340 e. The van der Waals surface area contributed by atoms with Gasteiger partial charge in [0.15, 0.2) is 0 Å². The second kappa shape index (κ2) is 9.96. The van der Waals surface area contributed by atoms with E-state index in [2.05, 4.69) is 26.1 Å². The summed E-state index contributed by atoms with van der Waals surface area (Å²) in [4.78, 5) is 24.8. The van der Waals surface area contributed by atoms with Crippen LogP contribution in [0.5, 0.6) is 0 Å². The minimum atomic E-state index is -0.358. The van der Waals surface area contributed by atoms with Crippen molar-refractivity contribution in [1.82, 2.24) is 0 Å². The van der Waals surface area contributed by atoms with E-state index in [1.54, 1.807) is 24.3 Å². The molecule has 0 spiro atoms. The van der Waals surface area contributed by atoms with Gasteiger partial charge in [0.05, 0.1) is 11.3 Å². The molecule has 2 rings (SSSR count). The van der Waals surface area contributed by atoms with Gasteiger partial charge < -0.3 is 10.1 Å². The van der Waals surface area contributed by atoms with Crippen molar-refractivity contribution in [2.24, 2.45) is 17.8 Å². The van der Waals surface area contributed by atoms with Crippen molar-refractivity contribution in [3.05, 3.63) is 29.8 Å². The highest BCUT2D eigenvalue weighted by molar-refractivity contribution is 6.18. The lowest BCUT2D eigenvalue weighted by Gasteiger charge is -2.36. The maximum atomic E-state index is 12.8. The number of carbonyl (C=O) groups excluding carboxylic acids is 2. The van der Waals surface area contributed by atoms with E-state index in [1.165, 1.54) is 6.42 Å². The Morgan fingerprint density at radius 3 is 2.69 bits per heavy atom. The Morgan fingerprint density at radius 2 is 2.00 bits per heavy atom. The standard InChI is InChI=1S/C21H30ClNO3/c1-14(2)16-11-10-15(3)13-19(16)26-21(25)17-7-4-5-8-18(17)23-20(24)9-6-12-22/h4-5,7-8,14-16,19H,6,9-13H2,1-3H3,(H,23,24)/t15-,16+,19+/m0/s1. The fourth-order valence-corrected chi connectivity index (χ4v) is 3.80. The van der Waals surface area contributed by atoms with Crippen LogP contribution in [0.25, 0.3) is 0 Å². The summed E-state index contributed by atoms with van der Waals surface area (Å²) < 4.78 is 5.91. The average Bonchev–Trinajstić information content (AvgIpc) is 2.60. The van der Waals surface area contributed by atoms with Gasteiger partial charge in [0.2, 0.25) is 5.91 Å². The predicted octanol–water partition coefficient (Wildman–Crippen LogP) is 5.26. The van der Waals surface area contributed by atoms with Crippen molar-refractivity contribution in [2.45, 2.75) is 59.0 Å². The van der Waals surface area contributed by atoms with Crippen molar-refractivity contribution in [3.63, 3.8) is 0 Å². The first kappa shape index (κ1) is 20.8. The van der Waals surface area contributed by atoms with Gasteiger partial charge >= 0.3 is 5.97 Å². The highest BCUT2D eigenvalue weighted by Gasteiger charge is 2.34. The zero-order chi connectivity index (χ0) is 19.1. The summed E-state index contributed by atoms with van der Waals surface area (Å²) in [5.74, 6) is 1.37. The number of alkyl halides is 1. The normalized spacial score (nSPS) is 22.9. The van der Waals surface area contributed by atoms with Crippen LogP contribution in [0.4, 0.5) is 5.69 Å². The third-order valence-electron chi connectivity index (χ3n) is 5.18. The number of hydrogen-bond acceptors (Lipinski definition) is 3. The molecular weight excluding hydrogens is 350 g/mol. The van der Waals surface area contributed by atoms with Crippen molar-refractivity contribution in [3.8, 4) is 0 Å². The molecule has 1 fully saturated rings. The Morgan fingerprint density at radius 1 is 1.27 bits per heavy atom. The quantitative estimate of drug-likeness (QED) is 0.519. The van der Waals surface area contributed by atoms with Gasteiger partial charge in [0, 0.05) is 12.3 Å². The second-order valence-corrected chi connectivity index (χ2v) is 8.03. The molecule has 0 unspecified atom stereocenters. The summed E-state index contributed by atoms with van der Waals surface area (Å²) in [7, 11) is 0. The van der Waals surface area contributed by atoms with Crippen LogP contribution in [0.1, 0.15) is 63.2 Å². The molecule has 5 heteroatoms. The Hall–Kier alpha value is -1.55. The Kier molecular flexibility index (Phi) is 7.95. The van der Waals surface area contributed by atoms with Crippen LogP contribution in [-0.2, 0) is 9.53 Å². The third kappa shape index (κ3) is 5.73. The van der Waals surface area contributed by atoms with Crippen LogP contribution in [-0.4, -0.2) is 23.9 Å². The van der Waals surface area contributed by atoms with Crippen molar-refractivity contribution >= 4 is 29.2 Å². The lowest BCUT2D eigenvalue weighted by Crippen LogP contribution is -2.36. The number of rotatable bonds is 7. The van der Waals surface area contributed by atoms with E-state index < -0.39 is 0 Å². The lowest BCUT2D eigenvalue weighted by molar-refractivity contribution is -0.116. The molecule has 0 aliphatic heterocycles. The van der Waals surface area contributed by atoms with Crippen LogP contribution in [0.15, 0.2) is 24.3 Å². The Labute approximate surface area is 161 Å². The van der Waals surface area contributed by atoms with E-state index in [-0.39, 0.29) is 18.0 Å². The van der Waals surface area contributed by atoms with Gasteiger partial charge in [0.1, 0.15) is 6.10 Å². The molecule has 1 N–H and O–H groups in total. The number of benzene rings is 1. The number of nitrogens with one attached hydrogen (secondary N) is 1. The van der Waals surface area contributed by atoms with Crippen LogP contribution in [0.2, 0.25) is 0 Å². The molecule has 0 saturated heterocycles. The molecular formula is C21H30ClNO3. The van der Waals surface area contributed by atoms with Gasteiger partial charge in [0.25, 0.3) is 0 Å². The number of carbonyl (C=O) groups is 2. The number of hydrogen-bond donors (Lipinski definition) is 1. The SMILES string of the molecule is CC(C)[C@H]1CC[C@H](C)C[C@H]1OC(=O)c1ccccc1NC(=O)CCCCl. The van der Waals surface area contributed by atoms with Gasteiger partial charge in [-0.05, 0) is 49.1 Å². The van der Waals surface area contributed by atoms with Crippen LogP contribution >= 0.6 is 11.6 Å². The monoisotopic (exact) mass is 379 g/mol. The molecule has 0 radical (unpaired) electrons. The summed E-state index contributed by atoms with van der Waals surface area (Å²) in [6.45, 7) is 6.58. The molecule has 1 aromatic rings. The van der Waals surface area contributed by atoms with E-state index >= 15 is 0 Å². The number of para-hydroxylation sites is 1. The van der Waals surface area contributed by atoms with E-state index in [0.29, 0.717) is 47.7 Å². The number of anilines is 1. The van der Waals surface area contributed by atoms with Gasteiger partial charge in [-0.2, -0.15) is 0 Å². The molecule has 3 atom stereocenters. The zero-order valence-electron chi connectivity index (χ0n) is 16.0. The highest BCUT2D eigenvalue weighted by atomic mass is 35.5. The predicted molar refractivity (Wildman–Crippen MR) is 106 cm³/mol. The molecule has 0 bridgehead atoms. The first-order chi connectivity index (χ1) is 12.4. The first-order valence-electron chi connectivity index (χ1n) is 9.58. The number of ether oxygens (including phenoxy) is 1. The zero-order valence-corrected chi connectivity index (χ0v) is 16.7. The van der Waals surface area contributed by atoms with Crippen LogP contribution in [0, 0.1) is 17.8 Å². The summed E-state index contributed by atoms with van der Waals surface area (Å²) in [6, 6.07) is 7.02. The van der Waals surface area contributed by atoms with Crippen LogP contribution < -0.4 is 5.32 Å². The van der Waals surface area contributed by atoms with Gasteiger partial charge in [-0.25, -0.2) is 4.79 Å². The van der Waals surface area contributed by atoms with E-state index in [1.807, 2.05) is 0 Å². The van der Waals surface area contributed by atoms with Crippen molar-refractivity contribution in [2.75, 3.05) is 11.2 Å². The molecule has 1 saturated carbocycles. The van der Waals surface area contributed by atoms with Crippen molar-refractivity contribution < 1.29 is 14.3 Å². The largest absolute Gasteiger partial charge is 0.458 e. The highest BCUT2D eigenvalue weighted by Crippen LogP contribution is 2.36. The summed E-state index contributed by atoms with van der Waals surface area (Å²) in [5, 5.41) is 2.81. The topological polar surface area (TPSA) is 55.4 Å². The Balaban J connectivity index is 2.10. The molecule has 1 aromatic carbocycles. The molecule has 1 aliphatic carbocycles. The number of amides is 1. The minimum Gasteiger partial charge on any atom is -0.458 e. The molecule has 0 heterocycles. The van der Waals surface area contributed by atoms with Gasteiger partial charge in [-0.1, -0.05) is 39.3 Å². The first-order valence-corrected chi connectivity index (χ1v) is 10.1. The molecule has 1 aliphatic rings. The number of esters is 1. The van der Waals surface area contributed by atoms with Crippen LogP contribution in [0.3, 0.4) is 0 Å². The van der Waals surface area contributed by atoms with Crippen molar-refractivity contribution in [1.29, 1.82) is 0 Å². The van der Waals surface area contributed by atoms with Gasteiger partial charge in [-0.3, -0.25) is 4.79 Å². The second-order valence-electron chi connectivity index (χ2n) is 7.66. The molecule has 0 aromatic heterocycles. The fourth-order valence-electron chi connectivity index (χ4n) is 3.66. The minimum absolute atomic E-state index is 0.0637.